The molecule has 1 atom stereocenters. The van der Waals surface area contributed by atoms with E-state index in [4.69, 9.17) is 4.42 Å². The molecule has 0 saturated heterocycles. The smallest absolute Gasteiger partial charge is 0.380 e. The summed E-state index contributed by atoms with van der Waals surface area (Å²) in [5.74, 6) is -6.33. The Bertz CT molecular complexity index is 679. The minimum Gasteiger partial charge on any atom is -0.461 e. The van der Waals surface area contributed by atoms with Crippen molar-refractivity contribution in [3.05, 3.63) is 34.5 Å². The predicted octanol–water partition coefficient (Wildman–Crippen LogP) is 3.60. The van der Waals surface area contributed by atoms with Crippen LogP contribution >= 0.6 is 15.9 Å². The van der Waals surface area contributed by atoms with E-state index < -0.39 is 23.3 Å². The van der Waals surface area contributed by atoms with Gasteiger partial charge in [0.2, 0.25) is 0 Å². The van der Waals surface area contributed by atoms with Gasteiger partial charge >= 0.3 is 11.9 Å². The largest absolute Gasteiger partial charge is 0.461 e. The van der Waals surface area contributed by atoms with Gasteiger partial charge < -0.3 is 14.3 Å². The van der Waals surface area contributed by atoms with Crippen LogP contribution in [0.1, 0.15) is 19.6 Å². The molecule has 0 aliphatic rings. The standard InChI is InChI=1S/C14H13BrF2O4/c1-3-20-12(18)14(16,17)13(2,19)11-7-8-6-9(15)4-5-10(8)21-11/h4-7,19H,3H2,1-2H3. The minimum absolute atomic E-state index is 0.211. The van der Waals surface area contributed by atoms with Crippen molar-refractivity contribution in [3.63, 3.8) is 0 Å². The fraction of sp³-hybridized carbons (Fsp3) is 0.357. The summed E-state index contributed by atoms with van der Waals surface area (Å²) < 4.78 is 38.5. The molecule has 7 heteroatoms. The summed E-state index contributed by atoms with van der Waals surface area (Å²) in [6.07, 6.45) is 0. The molecule has 21 heavy (non-hydrogen) atoms. The molecule has 114 valence electrons. The van der Waals surface area contributed by atoms with E-state index in [-0.39, 0.29) is 6.61 Å². The highest BCUT2D eigenvalue weighted by Gasteiger charge is 2.59. The molecule has 0 bridgehead atoms. The molecule has 0 aliphatic heterocycles. The Labute approximate surface area is 127 Å². The molecule has 0 radical (unpaired) electrons. The molecule has 1 aromatic carbocycles. The fourth-order valence-electron chi connectivity index (χ4n) is 1.83. The van der Waals surface area contributed by atoms with E-state index in [1.165, 1.54) is 13.0 Å². The summed E-state index contributed by atoms with van der Waals surface area (Å²) in [6, 6.07) is 6.17. The highest BCUT2D eigenvalue weighted by atomic mass is 79.9. The second-order valence-corrected chi connectivity index (χ2v) is 5.58. The first-order valence-corrected chi connectivity index (χ1v) is 6.96. The zero-order valence-corrected chi connectivity index (χ0v) is 12.9. The fourth-order valence-corrected chi connectivity index (χ4v) is 2.21. The van der Waals surface area contributed by atoms with Gasteiger partial charge in [-0.3, -0.25) is 0 Å². The normalized spacial score (nSPS) is 15.0. The van der Waals surface area contributed by atoms with Crippen LogP contribution in [-0.2, 0) is 15.1 Å². The lowest BCUT2D eigenvalue weighted by Crippen LogP contribution is -2.49. The molecule has 0 fully saturated rings. The summed E-state index contributed by atoms with van der Waals surface area (Å²) in [5.41, 5.74) is -2.49. The quantitative estimate of drug-likeness (QED) is 0.844. The third kappa shape index (κ3) is 2.67. The Hall–Kier alpha value is -1.47. The second-order valence-electron chi connectivity index (χ2n) is 4.66. The van der Waals surface area contributed by atoms with E-state index in [1.54, 1.807) is 18.2 Å². The second kappa shape index (κ2) is 5.38. The molecule has 1 N–H and O–H groups in total. The molecule has 2 rings (SSSR count). The van der Waals surface area contributed by atoms with Crippen LogP contribution in [0.3, 0.4) is 0 Å². The van der Waals surface area contributed by atoms with E-state index >= 15 is 0 Å². The molecular weight excluding hydrogens is 350 g/mol. The molecule has 4 nitrogen and oxygen atoms in total. The van der Waals surface area contributed by atoms with Gasteiger partial charge in [-0.15, -0.1) is 0 Å². The van der Waals surface area contributed by atoms with Crippen molar-refractivity contribution in [2.24, 2.45) is 0 Å². The van der Waals surface area contributed by atoms with Crippen molar-refractivity contribution in [3.8, 4) is 0 Å². The number of halogens is 3. The number of carbonyl (C=O) groups excluding carboxylic acids is 1. The summed E-state index contributed by atoms with van der Waals surface area (Å²) in [5, 5.41) is 10.7. The van der Waals surface area contributed by atoms with Crippen LogP contribution in [0.25, 0.3) is 11.0 Å². The van der Waals surface area contributed by atoms with Crippen LogP contribution < -0.4 is 0 Å². The van der Waals surface area contributed by atoms with Crippen molar-refractivity contribution in [1.29, 1.82) is 0 Å². The van der Waals surface area contributed by atoms with Crippen LogP contribution in [0, 0.1) is 0 Å². The zero-order chi connectivity index (χ0) is 15.8. The maximum atomic E-state index is 14.1. The number of benzene rings is 1. The summed E-state index contributed by atoms with van der Waals surface area (Å²) in [4.78, 5) is 11.4. The number of alkyl halides is 2. The monoisotopic (exact) mass is 362 g/mol. The lowest BCUT2D eigenvalue weighted by molar-refractivity contribution is -0.216. The number of ether oxygens (including phenoxy) is 1. The van der Waals surface area contributed by atoms with E-state index in [0.29, 0.717) is 11.0 Å². The Kier molecular flexibility index (Phi) is 4.08. The topological polar surface area (TPSA) is 59.7 Å². The van der Waals surface area contributed by atoms with Crippen LogP contribution in [0.5, 0.6) is 0 Å². The van der Waals surface area contributed by atoms with Gasteiger partial charge in [-0.25, -0.2) is 4.79 Å². The third-order valence-corrected chi connectivity index (χ3v) is 3.59. The minimum atomic E-state index is -4.13. The van der Waals surface area contributed by atoms with Crippen molar-refractivity contribution in [1.82, 2.24) is 0 Å². The highest BCUT2D eigenvalue weighted by Crippen LogP contribution is 2.40. The van der Waals surface area contributed by atoms with E-state index in [2.05, 4.69) is 20.7 Å². The SMILES string of the molecule is CCOC(=O)C(F)(F)C(C)(O)c1cc2cc(Br)ccc2o1. The van der Waals surface area contributed by atoms with Gasteiger partial charge in [-0.05, 0) is 38.1 Å². The number of furan rings is 1. The van der Waals surface area contributed by atoms with Gasteiger partial charge in [0, 0.05) is 9.86 Å². The summed E-state index contributed by atoms with van der Waals surface area (Å²) in [6.45, 7) is 2.01. The molecule has 1 heterocycles. The molecule has 2 aromatic rings. The Balaban J connectivity index is 2.47. The first-order chi connectivity index (χ1) is 9.70. The van der Waals surface area contributed by atoms with Crippen LogP contribution in [0.2, 0.25) is 0 Å². The van der Waals surface area contributed by atoms with Gasteiger partial charge in [-0.2, -0.15) is 8.78 Å². The molecule has 0 amide bonds. The molecule has 1 aromatic heterocycles. The predicted molar refractivity (Wildman–Crippen MR) is 75.1 cm³/mol. The Morgan fingerprint density at radius 3 is 2.71 bits per heavy atom. The molecule has 1 unspecified atom stereocenters. The zero-order valence-electron chi connectivity index (χ0n) is 11.3. The number of hydrogen-bond acceptors (Lipinski definition) is 4. The van der Waals surface area contributed by atoms with E-state index in [0.717, 1.165) is 11.4 Å². The summed E-state index contributed by atoms with van der Waals surface area (Å²) >= 11 is 3.25. The van der Waals surface area contributed by atoms with Crippen molar-refractivity contribution in [2.45, 2.75) is 25.4 Å². The first kappa shape index (κ1) is 15.9. The Morgan fingerprint density at radius 2 is 2.10 bits per heavy atom. The average Bonchev–Trinajstić information content (AvgIpc) is 2.82. The lowest BCUT2D eigenvalue weighted by atomic mass is 9.94. The number of rotatable bonds is 4. The molecule has 0 aliphatic carbocycles. The van der Waals surface area contributed by atoms with Crippen LogP contribution in [0.4, 0.5) is 8.78 Å². The first-order valence-electron chi connectivity index (χ1n) is 6.17. The van der Waals surface area contributed by atoms with Gasteiger partial charge in [0.25, 0.3) is 0 Å². The summed E-state index contributed by atoms with van der Waals surface area (Å²) in [7, 11) is 0. The van der Waals surface area contributed by atoms with Crippen LogP contribution in [0.15, 0.2) is 33.2 Å². The van der Waals surface area contributed by atoms with Crippen molar-refractivity contribution >= 4 is 32.9 Å². The Morgan fingerprint density at radius 1 is 1.43 bits per heavy atom. The average molecular weight is 363 g/mol. The van der Waals surface area contributed by atoms with Gasteiger partial charge in [0.15, 0.2) is 5.60 Å². The maximum absolute atomic E-state index is 14.1. The number of esters is 1. The molecule has 0 spiro atoms. The number of carbonyl (C=O) groups is 1. The maximum Gasteiger partial charge on any atom is 0.380 e. The number of fused-ring (bicyclic) bond motifs is 1. The van der Waals surface area contributed by atoms with Crippen molar-refractivity contribution in [2.75, 3.05) is 6.61 Å². The number of aliphatic hydroxyl groups is 1. The van der Waals surface area contributed by atoms with Gasteiger partial charge in [-0.1, -0.05) is 15.9 Å². The van der Waals surface area contributed by atoms with Gasteiger partial charge in [0.1, 0.15) is 11.3 Å². The number of hydrogen-bond donors (Lipinski definition) is 1. The lowest BCUT2D eigenvalue weighted by Gasteiger charge is -2.28. The van der Waals surface area contributed by atoms with E-state index in [1.807, 2.05) is 0 Å². The van der Waals surface area contributed by atoms with E-state index in [9.17, 15) is 18.7 Å². The molecule has 0 saturated carbocycles. The van der Waals surface area contributed by atoms with Gasteiger partial charge in [0.05, 0.1) is 6.61 Å². The van der Waals surface area contributed by atoms with Crippen LogP contribution in [-0.4, -0.2) is 23.6 Å². The molecular formula is C14H13BrF2O4. The van der Waals surface area contributed by atoms with Crippen molar-refractivity contribution < 1.29 is 27.8 Å². The third-order valence-electron chi connectivity index (χ3n) is 3.10. The highest BCUT2D eigenvalue weighted by molar-refractivity contribution is 9.10.